The Labute approximate surface area is 95.8 Å². The number of ketones is 1. The van der Waals surface area contributed by atoms with Crippen molar-refractivity contribution in [3.63, 3.8) is 0 Å². The quantitative estimate of drug-likeness (QED) is 0.839. The average Bonchev–Trinajstić information content (AvgIpc) is 2.22. The number of carbonyl (C=O) groups excluding carboxylic acids is 1. The molecule has 2 heteroatoms. The molecule has 0 radical (unpaired) electrons. The van der Waals surface area contributed by atoms with Crippen LogP contribution in [0.5, 0.6) is 0 Å². The molecule has 0 saturated heterocycles. The molecular weight excluding hydrogens is 198 g/mol. The molecule has 1 unspecified atom stereocenters. The lowest BCUT2D eigenvalue weighted by atomic mass is 9.68. The van der Waals surface area contributed by atoms with E-state index in [9.17, 15) is 4.79 Å². The number of carbonyl (C=O) groups is 1. The summed E-state index contributed by atoms with van der Waals surface area (Å²) >= 11 is 0. The second-order valence-corrected chi connectivity index (χ2v) is 5.24. The van der Waals surface area contributed by atoms with Gasteiger partial charge in [0.05, 0.1) is 5.54 Å². The molecule has 84 valence electrons. The van der Waals surface area contributed by atoms with Crippen LogP contribution in [-0.4, -0.2) is 11.3 Å². The highest BCUT2D eigenvalue weighted by molar-refractivity contribution is 5.90. The van der Waals surface area contributed by atoms with Crippen LogP contribution in [0.25, 0.3) is 0 Å². The number of benzene rings is 1. The van der Waals surface area contributed by atoms with Crippen molar-refractivity contribution in [1.29, 1.82) is 0 Å². The summed E-state index contributed by atoms with van der Waals surface area (Å²) in [7, 11) is 0. The molecule has 2 aliphatic rings. The molecule has 0 heterocycles. The van der Waals surface area contributed by atoms with Gasteiger partial charge in [-0.1, -0.05) is 24.3 Å². The molecule has 1 atom stereocenters. The molecule has 2 N–H and O–H groups in total. The zero-order valence-electron chi connectivity index (χ0n) is 9.41. The van der Waals surface area contributed by atoms with Gasteiger partial charge in [0, 0.05) is 6.42 Å². The van der Waals surface area contributed by atoms with E-state index in [1.807, 2.05) is 0 Å². The van der Waals surface area contributed by atoms with Crippen molar-refractivity contribution in [1.82, 2.24) is 0 Å². The van der Waals surface area contributed by atoms with E-state index in [1.54, 1.807) is 0 Å². The second kappa shape index (κ2) is 3.42. The van der Waals surface area contributed by atoms with E-state index >= 15 is 0 Å². The Morgan fingerprint density at radius 2 is 2.12 bits per heavy atom. The zero-order valence-corrected chi connectivity index (χ0v) is 9.41. The van der Waals surface area contributed by atoms with Crippen LogP contribution in [0.3, 0.4) is 0 Å². The zero-order chi connectivity index (χ0) is 11.2. The maximum Gasteiger partial charge on any atom is 0.153 e. The van der Waals surface area contributed by atoms with Gasteiger partial charge >= 0.3 is 0 Å². The van der Waals surface area contributed by atoms with Gasteiger partial charge in [-0.3, -0.25) is 4.79 Å². The Balaban J connectivity index is 1.68. The van der Waals surface area contributed by atoms with E-state index in [4.69, 9.17) is 5.73 Å². The number of Topliss-reactive ketones (excluding diaryl/α,β-unsaturated/α-hetero) is 1. The molecule has 0 spiro atoms. The Bertz CT molecular complexity index is 434. The van der Waals surface area contributed by atoms with Crippen molar-refractivity contribution in [2.24, 2.45) is 5.73 Å². The standard InChI is InChI=1S/C14H17NO/c15-14(6-3-7-14)13(16)9-11-8-10-4-1-2-5-12(10)11/h1-2,4-5,11H,3,6-9,15H2. The maximum absolute atomic E-state index is 12.0. The first-order valence-corrected chi connectivity index (χ1v) is 6.09. The van der Waals surface area contributed by atoms with E-state index in [0.717, 1.165) is 25.7 Å². The predicted molar refractivity (Wildman–Crippen MR) is 63.3 cm³/mol. The molecule has 1 aromatic carbocycles. The van der Waals surface area contributed by atoms with Crippen molar-refractivity contribution >= 4 is 5.78 Å². The molecule has 2 nitrogen and oxygen atoms in total. The molecule has 1 fully saturated rings. The van der Waals surface area contributed by atoms with Crippen molar-refractivity contribution in [2.75, 3.05) is 0 Å². The lowest BCUT2D eigenvalue weighted by Gasteiger charge is -2.39. The SMILES string of the molecule is NC1(C(=O)CC2Cc3ccccc32)CCC1. The van der Waals surface area contributed by atoms with Crippen LogP contribution in [0.1, 0.15) is 42.7 Å². The van der Waals surface area contributed by atoms with Gasteiger partial charge in [-0.05, 0) is 42.7 Å². The van der Waals surface area contributed by atoms with Gasteiger partial charge in [-0.15, -0.1) is 0 Å². The summed E-state index contributed by atoms with van der Waals surface area (Å²) in [6.07, 6.45) is 4.59. The topological polar surface area (TPSA) is 43.1 Å². The summed E-state index contributed by atoms with van der Waals surface area (Å²) in [6.45, 7) is 0. The van der Waals surface area contributed by atoms with Crippen LogP contribution < -0.4 is 5.73 Å². The summed E-state index contributed by atoms with van der Waals surface area (Å²) in [6, 6.07) is 8.41. The van der Waals surface area contributed by atoms with Gasteiger partial charge in [0.1, 0.15) is 0 Å². The first kappa shape index (κ1) is 10.0. The monoisotopic (exact) mass is 215 g/mol. The first-order valence-electron chi connectivity index (χ1n) is 6.09. The largest absolute Gasteiger partial charge is 0.319 e. The number of nitrogens with two attached hydrogens (primary N) is 1. The Morgan fingerprint density at radius 3 is 2.75 bits per heavy atom. The van der Waals surface area contributed by atoms with E-state index in [-0.39, 0.29) is 5.78 Å². The molecule has 0 bridgehead atoms. The Hall–Kier alpha value is -1.15. The van der Waals surface area contributed by atoms with Crippen LogP contribution in [0.15, 0.2) is 24.3 Å². The van der Waals surface area contributed by atoms with Crippen LogP contribution in [0.4, 0.5) is 0 Å². The third-order valence-electron chi connectivity index (χ3n) is 4.19. The third-order valence-corrected chi connectivity index (χ3v) is 4.19. The fourth-order valence-corrected chi connectivity index (χ4v) is 2.81. The highest BCUT2D eigenvalue weighted by atomic mass is 16.1. The molecule has 0 aliphatic heterocycles. The fourth-order valence-electron chi connectivity index (χ4n) is 2.81. The normalized spacial score (nSPS) is 25.2. The molecule has 1 aromatic rings. The van der Waals surface area contributed by atoms with Crippen molar-refractivity contribution < 1.29 is 4.79 Å². The number of rotatable bonds is 3. The smallest absolute Gasteiger partial charge is 0.153 e. The molecule has 3 rings (SSSR count). The molecular formula is C14H17NO. The summed E-state index contributed by atoms with van der Waals surface area (Å²) < 4.78 is 0. The highest BCUT2D eigenvalue weighted by Crippen LogP contribution is 2.40. The van der Waals surface area contributed by atoms with Gasteiger partial charge in [0.25, 0.3) is 0 Å². The average molecular weight is 215 g/mol. The Morgan fingerprint density at radius 1 is 1.38 bits per heavy atom. The van der Waals surface area contributed by atoms with E-state index < -0.39 is 5.54 Å². The van der Waals surface area contributed by atoms with E-state index in [0.29, 0.717) is 12.3 Å². The summed E-state index contributed by atoms with van der Waals surface area (Å²) in [5.74, 6) is 0.711. The molecule has 0 amide bonds. The molecule has 0 aromatic heterocycles. The minimum Gasteiger partial charge on any atom is -0.319 e. The lowest BCUT2D eigenvalue weighted by molar-refractivity contribution is -0.127. The van der Waals surface area contributed by atoms with Crippen LogP contribution in [0, 0.1) is 0 Å². The van der Waals surface area contributed by atoms with E-state index in [1.165, 1.54) is 11.1 Å². The Kier molecular flexibility index (Phi) is 2.15. The molecule has 16 heavy (non-hydrogen) atoms. The van der Waals surface area contributed by atoms with Gasteiger partial charge < -0.3 is 5.73 Å². The van der Waals surface area contributed by atoms with Crippen LogP contribution in [0.2, 0.25) is 0 Å². The lowest BCUT2D eigenvalue weighted by Crippen LogP contribution is -2.54. The summed E-state index contributed by atoms with van der Waals surface area (Å²) in [5.41, 5.74) is 8.34. The van der Waals surface area contributed by atoms with Crippen LogP contribution in [-0.2, 0) is 11.2 Å². The van der Waals surface area contributed by atoms with E-state index in [2.05, 4.69) is 24.3 Å². The minimum absolute atomic E-state index is 0.276. The van der Waals surface area contributed by atoms with Gasteiger partial charge in [0.15, 0.2) is 5.78 Å². The number of hydrogen-bond acceptors (Lipinski definition) is 2. The maximum atomic E-state index is 12.0. The second-order valence-electron chi connectivity index (χ2n) is 5.24. The molecule has 2 aliphatic carbocycles. The highest BCUT2D eigenvalue weighted by Gasteiger charge is 2.41. The number of fused-ring (bicyclic) bond motifs is 1. The van der Waals surface area contributed by atoms with Crippen molar-refractivity contribution in [3.05, 3.63) is 35.4 Å². The third kappa shape index (κ3) is 1.40. The fraction of sp³-hybridized carbons (Fsp3) is 0.500. The van der Waals surface area contributed by atoms with Crippen molar-refractivity contribution in [3.8, 4) is 0 Å². The van der Waals surface area contributed by atoms with Crippen LogP contribution >= 0.6 is 0 Å². The predicted octanol–water partition coefficient (Wildman–Crippen LogP) is 2.17. The van der Waals surface area contributed by atoms with Crippen molar-refractivity contribution in [2.45, 2.75) is 43.6 Å². The van der Waals surface area contributed by atoms with Gasteiger partial charge in [-0.2, -0.15) is 0 Å². The minimum atomic E-state index is -0.468. The first-order chi connectivity index (χ1) is 7.69. The summed E-state index contributed by atoms with van der Waals surface area (Å²) in [4.78, 5) is 12.0. The number of hydrogen-bond donors (Lipinski definition) is 1. The molecule has 1 saturated carbocycles. The van der Waals surface area contributed by atoms with Gasteiger partial charge in [-0.25, -0.2) is 0 Å². The summed E-state index contributed by atoms with van der Waals surface area (Å²) in [5, 5.41) is 0. The van der Waals surface area contributed by atoms with Gasteiger partial charge in [0.2, 0.25) is 0 Å².